The highest BCUT2D eigenvalue weighted by Crippen LogP contribution is 2.31. The minimum atomic E-state index is -0.534. The van der Waals surface area contributed by atoms with Crippen LogP contribution in [0.5, 0.6) is 11.5 Å². The van der Waals surface area contributed by atoms with Crippen molar-refractivity contribution in [2.75, 3.05) is 12.0 Å². The molecule has 0 atom stereocenters. The Bertz CT molecular complexity index is 1220. The number of nitrogens with one attached hydrogen (secondary N) is 1. The van der Waals surface area contributed by atoms with Crippen molar-refractivity contribution in [3.63, 3.8) is 0 Å². The van der Waals surface area contributed by atoms with Gasteiger partial charge in [0, 0.05) is 5.02 Å². The van der Waals surface area contributed by atoms with E-state index in [9.17, 15) is 9.59 Å². The molecule has 1 aliphatic rings. The minimum absolute atomic E-state index is 0.158. The first-order valence-corrected chi connectivity index (χ1v) is 10.3. The lowest BCUT2D eigenvalue weighted by Gasteiger charge is -2.12. The molecule has 0 radical (unpaired) electrons. The molecule has 0 saturated carbocycles. The fourth-order valence-electron chi connectivity index (χ4n) is 3.41. The number of nitrogens with zero attached hydrogens (tertiary/aromatic N) is 1. The van der Waals surface area contributed by atoms with Crippen LogP contribution in [0.25, 0.3) is 6.08 Å². The quantitative estimate of drug-likeness (QED) is 0.408. The summed E-state index contributed by atoms with van der Waals surface area (Å²) >= 11 is 6.00. The summed E-state index contributed by atoms with van der Waals surface area (Å²) < 4.78 is 11.4. The lowest BCUT2D eigenvalue weighted by atomic mass is 10.1. The van der Waals surface area contributed by atoms with Gasteiger partial charge in [-0.05, 0) is 54.5 Å². The SMILES string of the molecule is COc1cc(/C=C2/NC(=O)N(c3cccc(Cl)c3)C2=O)ccc1OCc1cccc(C)c1. The second-order valence-corrected chi connectivity index (χ2v) is 7.73. The number of aryl methyl sites for hydroxylation is 1. The lowest BCUT2D eigenvalue weighted by molar-refractivity contribution is -0.113. The number of hydrogen-bond donors (Lipinski definition) is 1. The maximum atomic E-state index is 12.8. The Morgan fingerprint density at radius 3 is 2.56 bits per heavy atom. The molecule has 0 aliphatic carbocycles. The molecule has 0 bridgehead atoms. The lowest BCUT2D eigenvalue weighted by Crippen LogP contribution is -2.30. The molecular formula is C25H21ClN2O4. The van der Waals surface area contributed by atoms with Gasteiger partial charge in [-0.1, -0.05) is 53.6 Å². The molecule has 0 aromatic heterocycles. The van der Waals surface area contributed by atoms with Gasteiger partial charge in [0.2, 0.25) is 0 Å². The third-order valence-electron chi connectivity index (χ3n) is 4.92. The van der Waals surface area contributed by atoms with E-state index in [-0.39, 0.29) is 5.70 Å². The van der Waals surface area contributed by atoms with Gasteiger partial charge >= 0.3 is 6.03 Å². The molecule has 1 N–H and O–H groups in total. The van der Waals surface area contributed by atoms with Gasteiger partial charge in [-0.25, -0.2) is 9.69 Å². The Morgan fingerprint density at radius 2 is 1.81 bits per heavy atom. The number of amides is 3. The molecule has 1 fully saturated rings. The smallest absolute Gasteiger partial charge is 0.333 e. The minimum Gasteiger partial charge on any atom is -0.493 e. The van der Waals surface area contributed by atoms with Crippen LogP contribution in [-0.2, 0) is 11.4 Å². The predicted octanol–water partition coefficient (Wildman–Crippen LogP) is 5.33. The number of methoxy groups -OCH3 is 1. The first kappa shape index (κ1) is 21.5. The number of urea groups is 1. The molecule has 0 spiro atoms. The molecule has 3 aromatic rings. The van der Waals surface area contributed by atoms with Crippen molar-refractivity contribution in [2.45, 2.75) is 13.5 Å². The first-order chi connectivity index (χ1) is 15.4. The summed E-state index contributed by atoms with van der Waals surface area (Å²) in [6, 6.07) is 19.4. The molecule has 1 aliphatic heterocycles. The van der Waals surface area contributed by atoms with Crippen LogP contribution >= 0.6 is 11.6 Å². The van der Waals surface area contributed by atoms with Crippen LogP contribution < -0.4 is 19.7 Å². The number of anilines is 1. The molecule has 7 heteroatoms. The van der Waals surface area contributed by atoms with E-state index in [1.807, 2.05) is 25.1 Å². The topological polar surface area (TPSA) is 67.9 Å². The number of halogens is 1. The third-order valence-corrected chi connectivity index (χ3v) is 5.16. The number of carbonyl (C=O) groups is 2. The van der Waals surface area contributed by atoms with Gasteiger partial charge in [-0.2, -0.15) is 0 Å². The van der Waals surface area contributed by atoms with Gasteiger partial charge in [0.05, 0.1) is 12.8 Å². The van der Waals surface area contributed by atoms with Crippen molar-refractivity contribution in [2.24, 2.45) is 0 Å². The van der Waals surface area contributed by atoms with Gasteiger partial charge in [0.15, 0.2) is 11.5 Å². The van der Waals surface area contributed by atoms with E-state index in [1.165, 1.54) is 0 Å². The zero-order valence-corrected chi connectivity index (χ0v) is 18.3. The van der Waals surface area contributed by atoms with E-state index in [4.69, 9.17) is 21.1 Å². The Kier molecular flexibility index (Phi) is 6.14. The van der Waals surface area contributed by atoms with Crippen LogP contribution in [0.1, 0.15) is 16.7 Å². The van der Waals surface area contributed by atoms with E-state index in [2.05, 4.69) is 11.4 Å². The average molecular weight is 449 g/mol. The fraction of sp³-hybridized carbons (Fsp3) is 0.120. The molecule has 1 heterocycles. The van der Waals surface area contributed by atoms with Crippen LogP contribution in [0.15, 0.2) is 72.4 Å². The van der Waals surface area contributed by atoms with Gasteiger partial charge in [0.1, 0.15) is 12.3 Å². The summed E-state index contributed by atoms with van der Waals surface area (Å²) in [5, 5.41) is 3.04. The van der Waals surface area contributed by atoms with E-state index in [0.717, 1.165) is 16.0 Å². The normalized spacial score (nSPS) is 14.6. The van der Waals surface area contributed by atoms with Crippen molar-refractivity contribution >= 4 is 35.3 Å². The molecule has 6 nitrogen and oxygen atoms in total. The Labute approximate surface area is 191 Å². The van der Waals surface area contributed by atoms with Crippen molar-refractivity contribution < 1.29 is 19.1 Å². The molecule has 4 rings (SSSR count). The molecule has 1 saturated heterocycles. The maximum absolute atomic E-state index is 12.8. The molecule has 162 valence electrons. The average Bonchev–Trinajstić information content (AvgIpc) is 3.05. The number of imide groups is 1. The monoisotopic (exact) mass is 448 g/mol. The number of benzene rings is 3. The van der Waals surface area contributed by atoms with Crippen LogP contribution in [0.4, 0.5) is 10.5 Å². The summed E-state index contributed by atoms with van der Waals surface area (Å²) in [7, 11) is 1.55. The fourth-order valence-corrected chi connectivity index (χ4v) is 3.59. The largest absolute Gasteiger partial charge is 0.493 e. The highest BCUT2D eigenvalue weighted by atomic mass is 35.5. The van der Waals surface area contributed by atoms with E-state index < -0.39 is 11.9 Å². The van der Waals surface area contributed by atoms with Crippen LogP contribution in [0, 0.1) is 6.92 Å². The molecule has 3 amide bonds. The zero-order valence-electron chi connectivity index (χ0n) is 17.6. The number of hydrogen-bond acceptors (Lipinski definition) is 4. The second kappa shape index (κ2) is 9.16. The highest BCUT2D eigenvalue weighted by molar-refractivity contribution is 6.32. The van der Waals surface area contributed by atoms with Gasteiger partial charge in [0.25, 0.3) is 5.91 Å². The van der Waals surface area contributed by atoms with Crippen LogP contribution in [0.3, 0.4) is 0 Å². The summed E-state index contributed by atoms with van der Waals surface area (Å²) in [5.41, 5.74) is 3.46. The van der Waals surface area contributed by atoms with Crippen molar-refractivity contribution in [3.05, 3.63) is 94.1 Å². The predicted molar refractivity (Wildman–Crippen MR) is 124 cm³/mol. The van der Waals surface area contributed by atoms with Crippen molar-refractivity contribution in [3.8, 4) is 11.5 Å². The van der Waals surface area contributed by atoms with Crippen molar-refractivity contribution in [1.82, 2.24) is 5.32 Å². The van der Waals surface area contributed by atoms with Gasteiger partial charge in [-0.3, -0.25) is 4.79 Å². The molecular weight excluding hydrogens is 428 g/mol. The van der Waals surface area contributed by atoms with Crippen LogP contribution in [-0.4, -0.2) is 19.0 Å². The van der Waals surface area contributed by atoms with Gasteiger partial charge < -0.3 is 14.8 Å². The van der Waals surface area contributed by atoms with E-state index in [0.29, 0.717) is 34.4 Å². The summed E-state index contributed by atoms with van der Waals surface area (Å²) in [6.45, 7) is 2.44. The molecule has 32 heavy (non-hydrogen) atoms. The number of rotatable bonds is 6. The van der Waals surface area contributed by atoms with Crippen molar-refractivity contribution in [1.29, 1.82) is 0 Å². The number of carbonyl (C=O) groups excluding carboxylic acids is 2. The highest BCUT2D eigenvalue weighted by Gasteiger charge is 2.34. The Hall–Kier alpha value is -3.77. The first-order valence-electron chi connectivity index (χ1n) is 9.93. The number of ether oxygens (including phenoxy) is 2. The maximum Gasteiger partial charge on any atom is 0.333 e. The Balaban J connectivity index is 1.53. The summed E-state index contributed by atoms with van der Waals surface area (Å²) in [6.07, 6.45) is 1.59. The third kappa shape index (κ3) is 4.60. The standard InChI is InChI=1S/C25H21ClN2O4/c1-16-5-3-6-18(11-16)15-32-22-10-9-17(13-23(22)31-2)12-21-24(29)28(25(30)27-21)20-8-4-7-19(26)14-20/h3-14H,15H2,1-2H3,(H,27,30)/b21-12+. The summed E-state index contributed by atoms with van der Waals surface area (Å²) in [4.78, 5) is 26.2. The van der Waals surface area contributed by atoms with E-state index >= 15 is 0 Å². The summed E-state index contributed by atoms with van der Waals surface area (Å²) in [5.74, 6) is 0.643. The van der Waals surface area contributed by atoms with Crippen LogP contribution in [0.2, 0.25) is 5.02 Å². The molecule has 3 aromatic carbocycles. The second-order valence-electron chi connectivity index (χ2n) is 7.30. The van der Waals surface area contributed by atoms with Gasteiger partial charge in [-0.15, -0.1) is 0 Å². The molecule has 0 unspecified atom stereocenters. The Morgan fingerprint density at radius 1 is 1.00 bits per heavy atom. The zero-order chi connectivity index (χ0) is 22.7. The van der Waals surface area contributed by atoms with E-state index in [1.54, 1.807) is 55.7 Å².